The zero-order chi connectivity index (χ0) is 18.8. The molecule has 0 aliphatic rings. The van der Waals surface area contributed by atoms with Crippen LogP contribution in [0.25, 0.3) is 10.9 Å². The summed E-state index contributed by atoms with van der Waals surface area (Å²) >= 11 is 0. The Bertz CT molecular complexity index is 786. The van der Waals surface area contributed by atoms with Crippen molar-refractivity contribution in [2.24, 2.45) is 0 Å². The van der Waals surface area contributed by atoms with Crippen molar-refractivity contribution in [2.45, 2.75) is 58.4 Å². The van der Waals surface area contributed by atoms with Gasteiger partial charge < -0.3 is 15.0 Å². The highest BCUT2D eigenvalue weighted by molar-refractivity contribution is 6.00. The molecule has 0 spiro atoms. The summed E-state index contributed by atoms with van der Waals surface area (Å²) in [6.07, 6.45) is 1.27. The molecule has 2 N–H and O–H groups in total. The number of hydrogen-bond donors (Lipinski definition) is 2. The van der Waals surface area contributed by atoms with Gasteiger partial charge in [-0.3, -0.25) is 4.79 Å². The predicted molar refractivity (Wildman–Crippen MR) is 99.8 cm³/mol. The molecule has 1 amide bonds. The molecular weight excluding hydrogens is 316 g/mol. The number of hydrogen-bond acceptors (Lipinski definition) is 3. The van der Waals surface area contributed by atoms with Gasteiger partial charge in [0.25, 0.3) is 5.91 Å². The molecule has 5 heteroatoms. The molecule has 25 heavy (non-hydrogen) atoms. The molecule has 5 nitrogen and oxygen atoms in total. The van der Waals surface area contributed by atoms with E-state index < -0.39 is 11.5 Å². The number of nitrogens with one attached hydrogen (secondary N) is 2. The van der Waals surface area contributed by atoms with E-state index in [1.54, 1.807) is 13.0 Å². The molecule has 0 saturated carbocycles. The number of fused-ring (bicyclic) bond motifs is 1. The Labute approximate surface area is 149 Å². The maximum Gasteiger partial charge on any atom is 0.331 e. The molecule has 136 valence electrons. The van der Waals surface area contributed by atoms with E-state index in [-0.39, 0.29) is 11.3 Å². The first-order chi connectivity index (χ1) is 11.6. The summed E-state index contributed by atoms with van der Waals surface area (Å²) in [5.41, 5.74) is 1.54. The standard InChI is InChI=1S/C20H28N2O3/c1-7-10-20(5,18(24)25-6)22-17(23)16-11-13-8-9-14(19(2,3)4)12-15(13)21-16/h8-9,11-12,21H,7,10H2,1-6H3,(H,22,23). The summed E-state index contributed by atoms with van der Waals surface area (Å²) < 4.78 is 4.85. The lowest BCUT2D eigenvalue weighted by atomic mass is 9.87. The second kappa shape index (κ2) is 6.90. The van der Waals surface area contributed by atoms with Gasteiger partial charge in [-0.1, -0.05) is 46.2 Å². The SMILES string of the molecule is CCCC(C)(NC(=O)c1cc2ccc(C(C)(C)C)cc2[nH]1)C(=O)OC. The van der Waals surface area contributed by atoms with E-state index >= 15 is 0 Å². The zero-order valence-corrected chi connectivity index (χ0v) is 15.9. The highest BCUT2D eigenvalue weighted by atomic mass is 16.5. The first-order valence-electron chi connectivity index (χ1n) is 8.65. The molecule has 0 fully saturated rings. The van der Waals surface area contributed by atoms with Gasteiger partial charge in [-0.15, -0.1) is 0 Å². The van der Waals surface area contributed by atoms with Gasteiger partial charge in [0, 0.05) is 10.9 Å². The van der Waals surface area contributed by atoms with Crippen LogP contribution >= 0.6 is 0 Å². The van der Waals surface area contributed by atoms with Crippen LogP contribution in [0.5, 0.6) is 0 Å². The predicted octanol–water partition coefficient (Wildman–Crippen LogP) is 3.93. The van der Waals surface area contributed by atoms with Gasteiger partial charge >= 0.3 is 5.97 Å². The summed E-state index contributed by atoms with van der Waals surface area (Å²) in [5, 5.41) is 3.79. The number of esters is 1. The minimum Gasteiger partial charge on any atom is -0.467 e. The average molecular weight is 344 g/mol. The van der Waals surface area contributed by atoms with Crippen LogP contribution < -0.4 is 5.32 Å². The first-order valence-corrected chi connectivity index (χ1v) is 8.65. The second-order valence-electron chi connectivity index (χ2n) is 7.76. The average Bonchev–Trinajstić information content (AvgIpc) is 2.96. The molecule has 0 radical (unpaired) electrons. The molecule has 1 aromatic carbocycles. The van der Waals surface area contributed by atoms with Gasteiger partial charge in [-0.2, -0.15) is 0 Å². The first kappa shape index (κ1) is 19.0. The zero-order valence-electron chi connectivity index (χ0n) is 15.9. The maximum absolute atomic E-state index is 12.7. The van der Waals surface area contributed by atoms with Crippen LogP contribution in [0.15, 0.2) is 24.3 Å². The molecule has 1 atom stereocenters. The van der Waals surface area contributed by atoms with Crippen molar-refractivity contribution < 1.29 is 14.3 Å². The number of H-pyrrole nitrogens is 1. The van der Waals surface area contributed by atoms with Crippen LogP contribution in [0.4, 0.5) is 0 Å². The smallest absolute Gasteiger partial charge is 0.331 e. The van der Waals surface area contributed by atoms with Gasteiger partial charge in [-0.25, -0.2) is 4.79 Å². The Kier molecular flexibility index (Phi) is 5.26. The van der Waals surface area contributed by atoms with Crippen LogP contribution in [-0.4, -0.2) is 29.5 Å². The van der Waals surface area contributed by atoms with Gasteiger partial charge in [0.05, 0.1) is 7.11 Å². The monoisotopic (exact) mass is 344 g/mol. The molecule has 2 rings (SSSR count). The molecular formula is C20H28N2O3. The van der Waals surface area contributed by atoms with Crippen molar-refractivity contribution in [1.82, 2.24) is 10.3 Å². The maximum atomic E-state index is 12.7. The number of rotatable bonds is 5. The quantitative estimate of drug-likeness (QED) is 0.807. The van der Waals surface area contributed by atoms with E-state index in [1.807, 2.05) is 13.0 Å². The molecule has 0 aliphatic carbocycles. The van der Waals surface area contributed by atoms with Crippen molar-refractivity contribution in [3.63, 3.8) is 0 Å². The van der Waals surface area contributed by atoms with E-state index in [1.165, 1.54) is 12.7 Å². The van der Waals surface area contributed by atoms with Crippen molar-refractivity contribution in [2.75, 3.05) is 7.11 Å². The van der Waals surface area contributed by atoms with Crippen molar-refractivity contribution >= 4 is 22.8 Å². The fourth-order valence-electron chi connectivity index (χ4n) is 2.97. The van der Waals surface area contributed by atoms with Crippen molar-refractivity contribution in [3.8, 4) is 0 Å². The minimum atomic E-state index is -1.03. The number of amides is 1. The van der Waals surface area contributed by atoms with Crippen LogP contribution in [0.3, 0.4) is 0 Å². The number of carbonyl (C=O) groups is 2. The van der Waals surface area contributed by atoms with Gasteiger partial charge in [-0.05, 0) is 36.5 Å². The third kappa shape index (κ3) is 4.03. The van der Waals surface area contributed by atoms with E-state index in [2.05, 4.69) is 43.2 Å². The number of benzene rings is 1. The van der Waals surface area contributed by atoms with E-state index in [4.69, 9.17) is 4.74 Å². The van der Waals surface area contributed by atoms with E-state index in [0.29, 0.717) is 12.1 Å². The number of ether oxygens (including phenoxy) is 1. The molecule has 1 aromatic heterocycles. The number of aromatic amines is 1. The number of methoxy groups -OCH3 is 1. The Morgan fingerprint density at radius 2 is 1.84 bits per heavy atom. The summed E-state index contributed by atoms with van der Waals surface area (Å²) in [5.74, 6) is -0.747. The van der Waals surface area contributed by atoms with Crippen LogP contribution in [0.2, 0.25) is 0 Å². The highest BCUT2D eigenvalue weighted by Crippen LogP contribution is 2.26. The minimum absolute atomic E-state index is 0.0340. The number of aromatic nitrogens is 1. The lowest BCUT2D eigenvalue weighted by Crippen LogP contribution is -2.52. The third-order valence-corrected chi connectivity index (χ3v) is 4.51. The van der Waals surface area contributed by atoms with E-state index in [0.717, 1.165) is 17.3 Å². The molecule has 0 aliphatic heterocycles. The lowest BCUT2D eigenvalue weighted by molar-refractivity contribution is -0.147. The highest BCUT2D eigenvalue weighted by Gasteiger charge is 2.35. The number of carbonyl (C=O) groups excluding carboxylic acids is 2. The van der Waals surface area contributed by atoms with Gasteiger partial charge in [0.15, 0.2) is 0 Å². The topological polar surface area (TPSA) is 71.2 Å². The van der Waals surface area contributed by atoms with Crippen molar-refractivity contribution in [1.29, 1.82) is 0 Å². The summed E-state index contributed by atoms with van der Waals surface area (Å²) in [4.78, 5) is 27.9. The normalized spacial score (nSPS) is 14.2. The lowest BCUT2D eigenvalue weighted by Gasteiger charge is -2.27. The molecule has 1 unspecified atom stereocenters. The second-order valence-corrected chi connectivity index (χ2v) is 7.76. The molecule has 0 bridgehead atoms. The Hall–Kier alpha value is -2.30. The van der Waals surface area contributed by atoms with Crippen LogP contribution in [-0.2, 0) is 14.9 Å². The summed E-state index contributed by atoms with van der Waals surface area (Å²) in [6, 6.07) is 7.96. The fourth-order valence-corrected chi connectivity index (χ4v) is 2.97. The Morgan fingerprint density at radius 3 is 2.40 bits per heavy atom. The Balaban J connectivity index is 2.31. The third-order valence-electron chi connectivity index (χ3n) is 4.51. The van der Waals surface area contributed by atoms with Crippen LogP contribution in [0, 0.1) is 0 Å². The van der Waals surface area contributed by atoms with E-state index in [9.17, 15) is 9.59 Å². The fraction of sp³-hybridized carbons (Fsp3) is 0.500. The summed E-state index contributed by atoms with van der Waals surface area (Å²) in [6.45, 7) is 10.1. The summed E-state index contributed by atoms with van der Waals surface area (Å²) in [7, 11) is 1.33. The van der Waals surface area contributed by atoms with Gasteiger partial charge in [0.1, 0.15) is 11.2 Å². The van der Waals surface area contributed by atoms with Crippen molar-refractivity contribution in [3.05, 3.63) is 35.5 Å². The molecule has 0 saturated heterocycles. The van der Waals surface area contributed by atoms with Crippen LogP contribution in [0.1, 0.15) is 63.5 Å². The van der Waals surface area contributed by atoms with Gasteiger partial charge in [0.2, 0.25) is 0 Å². The molecule has 2 aromatic rings. The Morgan fingerprint density at radius 1 is 1.16 bits per heavy atom. The largest absolute Gasteiger partial charge is 0.467 e. The molecule has 1 heterocycles.